The normalized spacial score (nSPS) is 12.0. The molecule has 0 aliphatic rings. The summed E-state index contributed by atoms with van der Waals surface area (Å²) in [5, 5.41) is -3.22. The Balaban J connectivity index is 0. The van der Waals surface area contributed by atoms with Crippen molar-refractivity contribution in [1.82, 2.24) is 0 Å². The molecule has 0 N–H and O–H groups in total. The van der Waals surface area contributed by atoms with Gasteiger partial charge in [-0.15, -0.1) is 11.6 Å². The predicted octanol–water partition coefficient (Wildman–Crippen LogP) is 4.07. The summed E-state index contributed by atoms with van der Waals surface area (Å²) in [5.74, 6) is -0.825. The van der Waals surface area contributed by atoms with Crippen LogP contribution in [-0.2, 0) is 0 Å². The van der Waals surface area contributed by atoms with Gasteiger partial charge in [0.05, 0.1) is 0 Å². The van der Waals surface area contributed by atoms with E-state index in [0.717, 1.165) is 0 Å². The van der Waals surface area contributed by atoms with Crippen molar-refractivity contribution in [2.45, 2.75) is 10.2 Å². The smallest absolute Gasteiger partial charge is 0.187 e. The first-order chi connectivity index (χ1) is 4.56. The second kappa shape index (κ2) is 5.51. The van der Waals surface area contributed by atoms with Crippen LogP contribution in [0.3, 0.4) is 0 Å². The maximum absolute atomic E-state index is 11.1. The topological polar surface area (TPSA) is 0 Å². The van der Waals surface area contributed by atoms with Gasteiger partial charge in [0.15, 0.2) is 0 Å². The standard InChI is InChI=1S/C2H2Cl2F2.CCl2F2/c3-1-2(4,5)6;2-1(3,4)5/h1H2;. The average Bonchev–Trinajstić information content (AvgIpc) is 1.59. The predicted molar refractivity (Wildman–Crippen MR) is 38.2 cm³/mol. The molecule has 0 saturated heterocycles. The summed E-state index contributed by atoms with van der Waals surface area (Å²) in [5.41, 5.74) is 0. The lowest BCUT2D eigenvalue weighted by Crippen LogP contribution is -2.05. The largest absolute Gasteiger partial charge is 0.401 e. The molecule has 0 spiro atoms. The van der Waals surface area contributed by atoms with Crippen LogP contribution in [0.15, 0.2) is 0 Å². The van der Waals surface area contributed by atoms with Crippen LogP contribution < -0.4 is 0 Å². The molecular weight excluding hydrogens is 254 g/mol. The van der Waals surface area contributed by atoms with Crippen LogP contribution in [-0.4, -0.2) is 16.1 Å². The fraction of sp³-hybridized carbons (Fsp3) is 1.00. The highest BCUT2D eigenvalue weighted by molar-refractivity contribution is 6.45. The summed E-state index contributed by atoms with van der Waals surface area (Å²) < 4.78 is 43.3. The zero-order valence-corrected chi connectivity index (χ0v) is 7.75. The van der Waals surface area contributed by atoms with E-state index in [1.165, 1.54) is 0 Å². The minimum Gasteiger partial charge on any atom is -0.187 e. The summed E-state index contributed by atoms with van der Waals surface area (Å²) in [4.78, 5) is -3.56. The highest BCUT2D eigenvalue weighted by Gasteiger charge is 2.21. The summed E-state index contributed by atoms with van der Waals surface area (Å²) in [6.45, 7) is 0. The van der Waals surface area contributed by atoms with Crippen LogP contribution in [0.5, 0.6) is 0 Å². The Kier molecular flexibility index (Phi) is 7.22. The molecule has 0 aromatic carbocycles. The molecule has 0 aliphatic heterocycles. The van der Waals surface area contributed by atoms with Gasteiger partial charge in [-0.1, -0.05) is 0 Å². The lowest BCUT2D eigenvalue weighted by molar-refractivity contribution is 0.123. The summed E-state index contributed by atoms with van der Waals surface area (Å²) >= 11 is 16.8. The van der Waals surface area contributed by atoms with Crippen LogP contribution in [0.25, 0.3) is 0 Å². The van der Waals surface area contributed by atoms with Gasteiger partial charge in [0, 0.05) is 0 Å². The Labute approximate surface area is 80.4 Å². The summed E-state index contributed by atoms with van der Waals surface area (Å²) in [7, 11) is 0. The van der Waals surface area contributed by atoms with E-state index >= 15 is 0 Å². The molecule has 0 saturated carbocycles. The second-order valence-electron chi connectivity index (χ2n) is 1.18. The van der Waals surface area contributed by atoms with Crippen molar-refractivity contribution in [3.63, 3.8) is 0 Å². The van der Waals surface area contributed by atoms with Crippen molar-refractivity contribution in [3.8, 4) is 0 Å². The Bertz CT molecular complexity index is 88.5. The van der Waals surface area contributed by atoms with E-state index in [1.807, 2.05) is 0 Å². The first kappa shape index (κ1) is 14.4. The van der Waals surface area contributed by atoms with Gasteiger partial charge >= 0.3 is 10.2 Å². The molecular formula is C3H2Cl4F4. The fourth-order valence-corrected chi connectivity index (χ4v) is 0. The van der Waals surface area contributed by atoms with Crippen molar-refractivity contribution in [1.29, 1.82) is 0 Å². The van der Waals surface area contributed by atoms with Crippen molar-refractivity contribution in [3.05, 3.63) is 0 Å². The quantitative estimate of drug-likeness (QED) is 0.490. The summed E-state index contributed by atoms with van der Waals surface area (Å²) in [6.07, 6.45) is 0. The van der Waals surface area contributed by atoms with Gasteiger partial charge in [0.1, 0.15) is 5.88 Å². The second-order valence-corrected chi connectivity index (χ2v) is 3.14. The third-order valence-electron chi connectivity index (χ3n) is 0.152. The van der Waals surface area contributed by atoms with Gasteiger partial charge in [0.25, 0.3) is 0 Å². The van der Waals surface area contributed by atoms with Crippen LogP contribution >= 0.6 is 46.4 Å². The molecule has 0 heterocycles. The van der Waals surface area contributed by atoms with Crippen molar-refractivity contribution in [2.24, 2.45) is 0 Å². The van der Waals surface area contributed by atoms with Crippen molar-refractivity contribution >= 4 is 46.4 Å². The summed E-state index contributed by atoms with van der Waals surface area (Å²) in [6, 6.07) is 0. The molecule has 70 valence electrons. The zero-order valence-electron chi connectivity index (χ0n) is 4.73. The van der Waals surface area contributed by atoms with Gasteiger partial charge in [-0.2, -0.15) is 17.6 Å². The first-order valence-electron chi connectivity index (χ1n) is 1.94. The molecule has 0 aromatic heterocycles. The van der Waals surface area contributed by atoms with E-state index in [4.69, 9.17) is 0 Å². The first-order valence-corrected chi connectivity index (χ1v) is 3.61. The number of halogens is 8. The monoisotopic (exact) mass is 254 g/mol. The van der Waals surface area contributed by atoms with E-state index in [-0.39, 0.29) is 0 Å². The van der Waals surface area contributed by atoms with Gasteiger partial charge in [-0.3, -0.25) is 0 Å². The van der Waals surface area contributed by atoms with Crippen LogP contribution in [0.1, 0.15) is 0 Å². The zero-order chi connectivity index (χ0) is 9.71. The minimum atomic E-state index is -3.56. The highest BCUT2D eigenvalue weighted by Crippen LogP contribution is 2.22. The Hall–Kier alpha value is 0.880. The average molecular weight is 256 g/mol. The maximum Gasteiger partial charge on any atom is 0.401 e. The molecule has 0 rings (SSSR count). The van der Waals surface area contributed by atoms with Crippen molar-refractivity contribution in [2.75, 3.05) is 5.88 Å². The van der Waals surface area contributed by atoms with E-state index in [0.29, 0.717) is 0 Å². The highest BCUT2D eigenvalue weighted by atomic mass is 35.5. The molecule has 0 nitrogen and oxygen atoms in total. The Morgan fingerprint density at radius 2 is 1.00 bits per heavy atom. The van der Waals surface area contributed by atoms with Crippen LogP contribution in [0.4, 0.5) is 17.6 Å². The molecule has 0 aromatic rings. The maximum atomic E-state index is 11.1. The molecule has 0 radical (unpaired) electrons. The third-order valence-corrected chi connectivity index (χ3v) is 0.758. The van der Waals surface area contributed by atoms with Gasteiger partial charge in [-0.25, -0.2) is 0 Å². The third kappa shape index (κ3) is 57.0. The van der Waals surface area contributed by atoms with Crippen LogP contribution in [0, 0.1) is 0 Å². The van der Waals surface area contributed by atoms with E-state index in [2.05, 4.69) is 46.4 Å². The van der Waals surface area contributed by atoms with Crippen molar-refractivity contribution < 1.29 is 17.6 Å². The molecule has 8 heteroatoms. The lowest BCUT2D eigenvalue weighted by Gasteiger charge is -1.96. The molecule has 0 bridgehead atoms. The van der Waals surface area contributed by atoms with Gasteiger partial charge in [-0.05, 0) is 34.8 Å². The van der Waals surface area contributed by atoms with Crippen LogP contribution in [0.2, 0.25) is 0 Å². The molecule has 0 unspecified atom stereocenters. The number of rotatable bonds is 1. The number of hydrogen-bond acceptors (Lipinski definition) is 0. The lowest BCUT2D eigenvalue weighted by atomic mass is 10.8. The minimum absolute atomic E-state index is 0.825. The van der Waals surface area contributed by atoms with Gasteiger partial charge in [0.2, 0.25) is 0 Å². The molecule has 11 heavy (non-hydrogen) atoms. The van der Waals surface area contributed by atoms with E-state index < -0.39 is 16.1 Å². The fourth-order valence-electron chi connectivity index (χ4n) is 0. The van der Waals surface area contributed by atoms with E-state index in [1.54, 1.807) is 0 Å². The SMILES string of the molecule is FC(F)(Cl)CCl.FC(F)(Cl)Cl. The number of alkyl halides is 8. The molecule has 0 fully saturated rings. The number of hydrogen-bond donors (Lipinski definition) is 0. The molecule has 0 aliphatic carbocycles. The molecule has 0 amide bonds. The van der Waals surface area contributed by atoms with Gasteiger partial charge < -0.3 is 0 Å². The molecule has 0 atom stereocenters. The van der Waals surface area contributed by atoms with E-state index in [9.17, 15) is 17.6 Å². The Morgan fingerprint density at radius 1 is 0.909 bits per heavy atom. The Morgan fingerprint density at radius 3 is 1.00 bits per heavy atom.